The number of carboxylic acids is 1. The Labute approximate surface area is 122 Å². The van der Waals surface area contributed by atoms with E-state index in [1.807, 2.05) is 12.1 Å². The second-order valence-electron chi connectivity index (χ2n) is 4.17. The number of aromatic amines is 1. The number of aromatic carboxylic acids is 1. The van der Waals surface area contributed by atoms with E-state index in [9.17, 15) is 9.59 Å². The molecule has 0 saturated heterocycles. The Balaban J connectivity index is 2.16. The van der Waals surface area contributed by atoms with Crippen LogP contribution in [-0.4, -0.2) is 26.0 Å². The molecule has 104 valence electrons. The van der Waals surface area contributed by atoms with Crippen LogP contribution in [0.15, 0.2) is 57.4 Å². The minimum absolute atomic E-state index is 0.0468. The van der Waals surface area contributed by atoms with Gasteiger partial charge in [-0.25, -0.2) is 14.8 Å². The van der Waals surface area contributed by atoms with Gasteiger partial charge >= 0.3 is 5.97 Å². The Hall–Kier alpha value is -2.67. The monoisotopic (exact) mass is 299 g/mol. The quantitative estimate of drug-likeness (QED) is 0.719. The van der Waals surface area contributed by atoms with Crippen LogP contribution in [0.2, 0.25) is 0 Å². The highest BCUT2D eigenvalue weighted by atomic mass is 32.2. The zero-order valence-electron chi connectivity index (χ0n) is 10.6. The van der Waals surface area contributed by atoms with E-state index in [0.29, 0.717) is 15.6 Å². The Bertz CT molecular complexity index is 892. The van der Waals surface area contributed by atoms with Crippen LogP contribution in [-0.2, 0) is 0 Å². The van der Waals surface area contributed by atoms with Crippen LogP contribution >= 0.6 is 11.8 Å². The molecular formula is C14H9N3O3S. The zero-order chi connectivity index (χ0) is 14.8. The first-order valence-electron chi connectivity index (χ1n) is 6.00. The van der Waals surface area contributed by atoms with Gasteiger partial charge in [0.25, 0.3) is 5.56 Å². The predicted molar refractivity (Wildman–Crippen MR) is 77.7 cm³/mol. The van der Waals surface area contributed by atoms with Crippen molar-refractivity contribution in [2.24, 2.45) is 0 Å². The summed E-state index contributed by atoms with van der Waals surface area (Å²) in [5.74, 6) is -1.10. The SMILES string of the molecule is O=C(O)c1cc(Sc2nccc(=O)[nH]2)c2ccccc2n1. The number of nitrogens with zero attached hydrogens (tertiary/aromatic N) is 2. The maximum absolute atomic E-state index is 11.3. The van der Waals surface area contributed by atoms with Crippen LogP contribution in [0.5, 0.6) is 0 Å². The van der Waals surface area contributed by atoms with Gasteiger partial charge in [0.15, 0.2) is 5.16 Å². The first kappa shape index (κ1) is 13.3. The third-order valence-electron chi connectivity index (χ3n) is 2.75. The predicted octanol–water partition coefficient (Wildman–Crippen LogP) is 2.17. The summed E-state index contributed by atoms with van der Waals surface area (Å²) >= 11 is 1.19. The van der Waals surface area contributed by atoms with Gasteiger partial charge in [-0.1, -0.05) is 30.0 Å². The van der Waals surface area contributed by atoms with Gasteiger partial charge in [0.1, 0.15) is 5.69 Å². The second kappa shape index (κ2) is 5.37. The van der Waals surface area contributed by atoms with E-state index in [0.717, 1.165) is 5.39 Å². The third-order valence-corrected chi connectivity index (χ3v) is 3.71. The lowest BCUT2D eigenvalue weighted by Gasteiger charge is -2.06. The Morgan fingerprint density at radius 1 is 1.24 bits per heavy atom. The van der Waals surface area contributed by atoms with E-state index in [4.69, 9.17) is 5.11 Å². The third kappa shape index (κ3) is 2.77. The molecule has 2 N–H and O–H groups in total. The van der Waals surface area contributed by atoms with Crippen molar-refractivity contribution in [2.45, 2.75) is 10.1 Å². The van der Waals surface area contributed by atoms with Crippen molar-refractivity contribution >= 4 is 28.6 Å². The van der Waals surface area contributed by atoms with Crippen molar-refractivity contribution in [3.8, 4) is 0 Å². The molecule has 7 heteroatoms. The number of para-hydroxylation sites is 1. The maximum Gasteiger partial charge on any atom is 0.354 e. The number of aromatic nitrogens is 3. The van der Waals surface area contributed by atoms with Crippen LogP contribution < -0.4 is 5.56 Å². The van der Waals surface area contributed by atoms with E-state index < -0.39 is 5.97 Å². The van der Waals surface area contributed by atoms with Crippen LogP contribution in [0.4, 0.5) is 0 Å². The first-order valence-corrected chi connectivity index (χ1v) is 6.81. The minimum atomic E-state index is -1.10. The molecule has 3 rings (SSSR count). The highest BCUT2D eigenvalue weighted by Gasteiger charge is 2.12. The van der Waals surface area contributed by atoms with Gasteiger partial charge in [0, 0.05) is 22.5 Å². The van der Waals surface area contributed by atoms with Crippen molar-refractivity contribution < 1.29 is 9.90 Å². The molecule has 0 atom stereocenters. The fourth-order valence-corrected chi connectivity index (χ4v) is 2.77. The Morgan fingerprint density at radius 3 is 2.81 bits per heavy atom. The minimum Gasteiger partial charge on any atom is -0.477 e. The second-order valence-corrected chi connectivity index (χ2v) is 5.20. The molecule has 2 aromatic heterocycles. The Kier molecular flexibility index (Phi) is 3.41. The maximum atomic E-state index is 11.3. The summed E-state index contributed by atoms with van der Waals surface area (Å²) in [6.07, 6.45) is 1.41. The number of H-pyrrole nitrogens is 1. The van der Waals surface area contributed by atoms with Crippen molar-refractivity contribution in [2.75, 3.05) is 0 Å². The van der Waals surface area contributed by atoms with Crippen molar-refractivity contribution in [3.05, 3.63) is 58.6 Å². The molecule has 0 amide bonds. The number of carbonyl (C=O) groups is 1. The summed E-state index contributed by atoms with van der Waals surface area (Å²) in [5.41, 5.74) is 0.275. The van der Waals surface area contributed by atoms with Crippen LogP contribution in [0.3, 0.4) is 0 Å². The molecule has 21 heavy (non-hydrogen) atoms. The van der Waals surface area contributed by atoms with Crippen molar-refractivity contribution in [1.82, 2.24) is 15.0 Å². The van der Waals surface area contributed by atoms with E-state index in [1.165, 1.54) is 30.1 Å². The van der Waals surface area contributed by atoms with Gasteiger partial charge in [-0.05, 0) is 12.1 Å². The molecule has 0 saturated carbocycles. The van der Waals surface area contributed by atoms with Crippen LogP contribution in [0, 0.1) is 0 Å². The summed E-state index contributed by atoms with van der Waals surface area (Å²) in [6, 6.07) is 10.0. The van der Waals surface area contributed by atoms with E-state index >= 15 is 0 Å². The lowest BCUT2D eigenvalue weighted by atomic mass is 10.2. The zero-order valence-corrected chi connectivity index (χ0v) is 11.4. The molecule has 0 fully saturated rings. The number of hydrogen-bond acceptors (Lipinski definition) is 5. The number of pyridine rings is 1. The molecule has 2 heterocycles. The molecule has 0 aliphatic carbocycles. The van der Waals surface area contributed by atoms with Crippen LogP contribution in [0.25, 0.3) is 10.9 Å². The summed E-state index contributed by atoms with van der Waals surface area (Å²) in [7, 11) is 0. The number of nitrogens with one attached hydrogen (secondary N) is 1. The topological polar surface area (TPSA) is 95.9 Å². The van der Waals surface area contributed by atoms with Crippen molar-refractivity contribution in [1.29, 1.82) is 0 Å². The average molecular weight is 299 g/mol. The van der Waals surface area contributed by atoms with Gasteiger partial charge in [-0.15, -0.1) is 0 Å². The highest BCUT2D eigenvalue weighted by molar-refractivity contribution is 7.99. The number of fused-ring (bicyclic) bond motifs is 1. The molecule has 0 radical (unpaired) electrons. The standard InChI is InChI=1S/C14H9N3O3S/c18-12-5-6-15-14(17-12)21-11-7-10(13(19)20)16-9-4-2-1-3-8(9)11/h1-7H,(H,19,20)(H,15,17,18). The fraction of sp³-hybridized carbons (Fsp3) is 0. The largest absolute Gasteiger partial charge is 0.477 e. The summed E-state index contributed by atoms with van der Waals surface area (Å²) in [5, 5.41) is 10.3. The summed E-state index contributed by atoms with van der Waals surface area (Å²) in [4.78, 5) is 33.9. The molecular weight excluding hydrogens is 290 g/mol. The molecule has 6 nitrogen and oxygen atoms in total. The summed E-state index contributed by atoms with van der Waals surface area (Å²) < 4.78 is 0. The normalized spacial score (nSPS) is 10.7. The molecule has 0 aliphatic heterocycles. The van der Waals surface area contributed by atoms with Crippen molar-refractivity contribution in [3.63, 3.8) is 0 Å². The fourth-order valence-electron chi connectivity index (χ4n) is 1.85. The highest BCUT2D eigenvalue weighted by Crippen LogP contribution is 2.31. The Morgan fingerprint density at radius 2 is 2.05 bits per heavy atom. The van der Waals surface area contributed by atoms with Crippen LogP contribution in [0.1, 0.15) is 10.5 Å². The smallest absolute Gasteiger partial charge is 0.354 e. The number of carboxylic acid groups (broad SMARTS) is 1. The van der Waals surface area contributed by atoms with Gasteiger partial charge in [0.05, 0.1) is 5.52 Å². The molecule has 0 bridgehead atoms. The first-order chi connectivity index (χ1) is 10.1. The number of rotatable bonds is 3. The van der Waals surface area contributed by atoms with Gasteiger partial charge in [-0.3, -0.25) is 4.79 Å². The molecule has 0 spiro atoms. The molecule has 0 aliphatic rings. The lowest BCUT2D eigenvalue weighted by Crippen LogP contribution is -2.05. The van der Waals surface area contributed by atoms with Gasteiger partial charge in [-0.2, -0.15) is 0 Å². The molecule has 0 unspecified atom stereocenters. The average Bonchev–Trinajstić information content (AvgIpc) is 2.47. The molecule has 3 aromatic rings. The van der Waals surface area contributed by atoms with E-state index in [2.05, 4.69) is 15.0 Å². The lowest BCUT2D eigenvalue weighted by molar-refractivity contribution is 0.0690. The molecule has 1 aromatic carbocycles. The van der Waals surface area contributed by atoms with Gasteiger partial charge < -0.3 is 10.1 Å². The number of hydrogen-bond donors (Lipinski definition) is 2. The summed E-state index contributed by atoms with van der Waals surface area (Å²) in [6.45, 7) is 0. The van der Waals surface area contributed by atoms with E-state index in [-0.39, 0.29) is 11.3 Å². The van der Waals surface area contributed by atoms with E-state index in [1.54, 1.807) is 12.1 Å². The number of benzene rings is 1. The van der Waals surface area contributed by atoms with Gasteiger partial charge in [0.2, 0.25) is 0 Å².